The number of cyclic esters (lactones) is 1. The molecule has 1 heterocycles. The fourth-order valence-electron chi connectivity index (χ4n) is 0.492. The van der Waals surface area contributed by atoms with Crippen LogP contribution in [0.25, 0.3) is 0 Å². The van der Waals surface area contributed by atoms with E-state index in [2.05, 4.69) is 4.74 Å². The lowest BCUT2D eigenvalue weighted by Crippen LogP contribution is -2.16. The summed E-state index contributed by atoms with van der Waals surface area (Å²) in [6.07, 6.45) is 1.92. The summed E-state index contributed by atoms with van der Waals surface area (Å²) in [6.45, 7) is 0. The number of carbonyl (C=O) groups is 2. The number of esters is 1. The average Bonchev–Trinajstić information content (AvgIpc) is 1.88. The molecule has 10 heavy (non-hydrogen) atoms. The number of ketones is 1. The molecule has 0 aromatic rings. The molecule has 4 nitrogen and oxygen atoms in total. The largest absolute Gasteiger partial charge is 0.430 e. The fraction of sp³-hybridized carbons (Fsp3) is 0. The first kappa shape index (κ1) is 6.45. The quantitative estimate of drug-likeness (QED) is 0.194. The van der Waals surface area contributed by atoms with Crippen molar-refractivity contribution in [3.05, 3.63) is 17.9 Å². The van der Waals surface area contributed by atoms with Gasteiger partial charge in [-0.3, -0.25) is 4.79 Å². The van der Waals surface area contributed by atoms with Gasteiger partial charge < -0.3 is 4.74 Å². The first-order chi connectivity index (χ1) is 4.75. The van der Waals surface area contributed by atoms with Gasteiger partial charge in [0.1, 0.15) is 5.94 Å². The van der Waals surface area contributed by atoms with Crippen LogP contribution in [0.1, 0.15) is 0 Å². The maximum Gasteiger partial charge on any atom is 0.358 e. The predicted octanol–water partition coefficient (Wildman–Crippen LogP) is -0.616. The molecule has 0 saturated carbocycles. The molecule has 1 aliphatic heterocycles. The smallest absolute Gasteiger partial charge is 0.358 e. The van der Waals surface area contributed by atoms with Crippen LogP contribution in [0.2, 0.25) is 0 Å². The van der Waals surface area contributed by atoms with Crippen LogP contribution in [0.15, 0.2) is 17.9 Å². The normalized spacial score (nSPS) is 16.6. The third kappa shape index (κ3) is 0.876. The molecule has 0 fully saturated rings. The first-order valence-electron chi connectivity index (χ1n) is 2.42. The van der Waals surface area contributed by atoms with Gasteiger partial charge in [0.25, 0.3) is 0 Å². The number of carbonyl (C=O) groups excluding carboxylic acids is 3. The van der Waals surface area contributed by atoms with Crippen molar-refractivity contribution in [2.75, 3.05) is 0 Å². The van der Waals surface area contributed by atoms with E-state index in [9.17, 15) is 14.4 Å². The topological polar surface area (TPSA) is 60.4 Å². The molecule has 0 unspecified atom stereocenters. The molecular weight excluding hydrogens is 136 g/mol. The molecule has 0 saturated heterocycles. The molecule has 0 atom stereocenters. The van der Waals surface area contributed by atoms with E-state index in [1.165, 1.54) is 5.94 Å². The molecule has 1 rings (SSSR count). The van der Waals surface area contributed by atoms with Crippen molar-refractivity contribution >= 4 is 17.7 Å². The summed E-state index contributed by atoms with van der Waals surface area (Å²) in [5.41, 5.74) is -0.581. The summed E-state index contributed by atoms with van der Waals surface area (Å²) >= 11 is 0. The minimum absolute atomic E-state index is 0.581. The van der Waals surface area contributed by atoms with Gasteiger partial charge in [-0.1, -0.05) is 0 Å². The van der Waals surface area contributed by atoms with Crippen molar-refractivity contribution < 1.29 is 19.1 Å². The number of allylic oxidation sites excluding steroid dienone is 1. The zero-order valence-electron chi connectivity index (χ0n) is 4.79. The van der Waals surface area contributed by atoms with Gasteiger partial charge in [0, 0.05) is 6.08 Å². The van der Waals surface area contributed by atoms with E-state index in [1.807, 2.05) is 0 Å². The second-order valence-corrected chi connectivity index (χ2v) is 1.55. The maximum absolute atomic E-state index is 10.5. The fourth-order valence-corrected chi connectivity index (χ4v) is 0.492. The van der Waals surface area contributed by atoms with E-state index in [0.29, 0.717) is 0 Å². The Kier molecular flexibility index (Phi) is 1.48. The van der Waals surface area contributed by atoms with Crippen LogP contribution in [0.3, 0.4) is 0 Å². The van der Waals surface area contributed by atoms with E-state index in [0.717, 1.165) is 12.3 Å². The third-order valence-electron chi connectivity index (χ3n) is 0.947. The summed E-state index contributed by atoms with van der Waals surface area (Å²) in [7, 11) is 0. The van der Waals surface area contributed by atoms with E-state index in [4.69, 9.17) is 0 Å². The molecule has 50 valence electrons. The highest BCUT2D eigenvalue weighted by Gasteiger charge is 2.21. The lowest BCUT2D eigenvalue weighted by molar-refractivity contribution is -0.135. The van der Waals surface area contributed by atoms with Crippen LogP contribution in [0.5, 0.6) is 0 Å². The van der Waals surface area contributed by atoms with Crippen LogP contribution in [0, 0.1) is 0 Å². The Morgan fingerprint density at radius 3 is 2.50 bits per heavy atom. The van der Waals surface area contributed by atoms with Crippen LogP contribution in [-0.2, 0) is 19.1 Å². The molecule has 0 spiro atoms. The van der Waals surface area contributed by atoms with Gasteiger partial charge in [0.2, 0.25) is 5.78 Å². The second kappa shape index (κ2) is 2.29. The minimum atomic E-state index is -0.942. The summed E-state index contributed by atoms with van der Waals surface area (Å²) in [6, 6.07) is 0. The van der Waals surface area contributed by atoms with E-state index in [1.54, 1.807) is 0 Å². The molecule has 0 bridgehead atoms. The molecule has 1 aliphatic rings. The van der Waals surface area contributed by atoms with Crippen LogP contribution in [-0.4, -0.2) is 17.7 Å². The molecule has 0 radical (unpaired) electrons. The lowest BCUT2D eigenvalue weighted by atomic mass is 10.2. The lowest BCUT2D eigenvalue weighted by Gasteiger charge is -2.01. The minimum Gasteiger partial charge on any atom is -0.430 e. The van der Waals surface area contributed by atoms with Gasteiger partial charge in [0.05, 0.1) is 6.26 Å². The van der Waals surface area contributed by atoms with Crippen molar-refractivity contribution in [3.63, 3.8) is 0 Å². The van der Waals surface area contributed by atoms with E-state index >= 15 is 0 Å². The Morgan fingerprint density at radius 1 is 1.40 bits per heavy atom. The van der Waals surface area contributed by atoms with Crippen LogP contribution < -0.4 is 0 Å². The van der Waals surface area contributed by atoms with Crippen molar-refractivity contribution in [2.24, 2.45) is 0 Å². The van der Waals surface area contributed by atoms with E-state index < -0.39 is 17.3 Å². The van der Waals surface area contributed by atoms with Gasteiger partial charge in [-0.05, 0) is 0 Å². The standard InChI is InChI=1S/C6H2O4/c7-3-4-5(8)1-2-10-6(4)9/h1-2H. The molecule has 0 amide bonds. The summed E-state index contributed by atoms with van der Waals surface area (Å²) in [5.74, 6) is -0.408. The van der Waals surface area contributed by atoms with Crippen molar-refractivity contribution in [1.29, 1.82) is 0 Å². The number of ether oxygens (including phenoxy) is 1. The summed E-state index contributed by atoms with van der Waals surface area (Å²) < 4.78 is 4.21. The van der Waals surface area contributed by atoms with Gasteiger partial charge in [-0.2, -0.15) is 0 Å². The monoisotopic (exact) mass is 138 g/mol. The highest BCUT2D eigenvalue weighted by molar-refractivity contribution is 6.28. The SMILES string of the molecule is O=C=C1C(=O)C=COC1=O. The van der Waals surface area contributed by atoms with E-state index in [-0.39, 0.29) is 0 Å². The molecule has 4 heteroatoms. The number of hydrogen-bond donors (Lipinski definition) is 0. The van der Waals surface area contributed by atoms with Gasteiger partial charge >= 0.3 is 5.97 Å². The molecule has 0 aromatic carbocycles. The van der Waals surface area contributed by atoms with Gasteiger partial charge in [-0.25, -0.2) is 9.59 Å². The Balaban J connectivity index is 3.12. The van der Waals surface area contributed by atoms with Crippen molar-refractivity contribution in [3.8, 4) is 0 Å². The second-order valence-electron chi connectivity index (χ2n) is 1.55. The highest BCUT2D eigenvalue weighted by Crippen LogP contribution is 2.03. The molecule has 0 N–H and O–H groups in total. The van der Waals surface area contributed by atoms with Crippen molar-refractivity contribution in [2.45, 2.75) is 0 Å². The number of rotatable bonds is 0. The Labute approximate surface area is 55.8 Å². The molecule has 0 aliphatic carbocycles. The summed E-state index contributed by atoms with van der Waals surface area (Å²) in [5, 5.41) is 0. The van der Waals surface area contributed by atoms with Crippen LogP contribution >= 0.6 is 0 Å². The number of hydrogen-bond acceptors (Lipinski definition) is 4. The Bertz CT molecular complexity index is 267. The highest BCUT2D eigenvalue weighted by atomic mass is 16.5. The Morgan fingerprint density at radius 2 is 2.10 bits per heavy atom. The first-order valence-corrected chi connectivity index (χ1v) is 2.42. The van der Waals surface area contributed by atoms with Gasteiger partial charge in [0.15, 0.2) is 5.57 Å². The zero-order chi connectivity index (χ0) is 7.56. The van der Waals surface area contributed by atoms with Crippen molar-refractivity contribution in [1.82, 2.24) is 0 Å². The molecular formula is C6H2O4. The molecule has 0 aromatic heterocycles. The zero-order valence-corrected chi connectivity index (χ0v) is 4.79. The predicted molar refractivity (Wildman–Crippen MR) is 29.4 cm³/mol. The third-order valence-corrected chi connectivity index (χ3v) is 0.947. The van der Waals surface area contributed by atoms with Gasteiger partial charge in [-0.15, -0.1) is 0 Å². The summed E-state index contributed by atoms with van der Waals surface area (Å²) in [4.78, 5) is 30.9. The maximum atomic E-state index is 10.5. The average molecular weight is 138 g/mol. The Hall–Kier alpha value is -1.67. The van der Waals surface area contributed by atoms with Crippen LogP contribution in [0.4, 0.5) is 0 Å².